The summed E-state index contributed by atoms with van der Waals surface area (Å²) in [6, 6.07) is 14.2. The fourth-order valence-electron chi connectivity index (χ4n) is 2.21. The summed E-state index contributed by atoms with van der Waals surface area (Å²) in [5.74, 6) is -0.941. The normalized spacial score (nSPS) is 12.3. The maximum atomic E-state index is 13.5. The Labute approximate surface area is 118 Å². The van der Waals surface area contributed by atoms with E-state index in [1.54, 1.807) is 0 Å². The molecule has 1 unspecified atom stereocenters. The Bertz CT molecular complexity index is 520. The Morgan fingerprint density at radius 3 is 2.25 bits per heavy atom. The van der Waals surface area contributed by atoms with Crippen LogP contribution in [0, 0.1) is 11.6 Å². The Morgan fingerprint density at radius 2 is 1.60 bits per heavy atom. The molecule has 1 N–H and O–H groups in total. The van der Waals surface area contributed by atoms with Gasteiger partial charge in [0, 0.05) is 11.6 Å². The Morgan fingerprint density at radius 1 is 0.950 bits per heavy atom. The van der Waals surface area contributed by atoms with Crippen molar-refractivity contribution in [2.45, 2.75) is 25.8 Å². The lowest BCUT2D eigenvalue weighted by molar-refractivity contribution is 0.501. The highest BCUT2D eigenvalue weighted by Gasteiger charge is 2.11. The molecule has 0 saturated carbocycles. The van der Waals surface area contributed by atoms with Crippen LogP contribution < -0.4 is 5.32 Å². The fourth-order valence-corrected chi connectivity index (χ4v) is 2.21. The molecular formula is C17H19F2N. The Kier molecular flexibility index (Phi) is 5.24. The molecule has 0 fully saturated rings. The van der Waals surface area contributed by atoms with Gasteiger partial charge in [0.2, 0.25) is 0 Å². The molecule has 2 rings (SSSR count). The molecule has 3 heteroatoms. The smallest absolute Gasteiger partial charge is 0.129 e. The van der Waals surface area contributed by atoms with E-state index in [0.29, 0.717) is 6.42 Å². The van der Waals surface area contributed by atoms with Crippen LogP contribution in [-0.4, -0.2) is 12.6 Å². The van der Waals surface area contributed by atoms with Gasteiger partial charge in [-0.05, 0) is 44.0 Å². The molecule has 0 amide bonds. The van der Waals surface area contributed by atoms with Crippen molar-refractivity contribution in [3.05, 3.63) is 71.3 Å². The standard InChI is InChI=1S/C17H19F2N/c1-13(12-15-16(18)8-5-9-17(15)19)20-11-10-14-6-3-2-4-7-14/h2-9,13,20H,10-12H2,1H3. The summed E-state index contributed by atoms with van der Waals surface area (Å²) in [7, 11) is 0. The topological polar surface area (TPSA) is 12.0 Å². The van der Waals surface area contributed by atoms with Crippen LogP contribution in [0.2, 0.25) is 0 Å². The number of hydrogen-bond acceptors (Lipinski definition) is 1. The minimum absolute atomic E-state index is 0.0325. The second-order valence-corrected chi connectivity index (χ2v) is 5.00. The third-order valence-electron chi connectivity index (χ3n) is 3.32. The Balaban J connectivity index is 1.82. The summed E-state index contributed by atoms with van der Waals surface area (Å²) in [5, 5.41) is 3.30. The maximum absolute atomic E-state index is 13.5. The van der Waals surface area contributed by atoms with E-state index in [9.17, 15) is 8.78 Å². The molecular weight excluding hydrogens is 256 g/mol. The molecule has 0 spiro atoms. The van der Waals surface area contributed by atoms with E-state index in [-0.39, 0.29) is 11.6 Å². The number of benzene rings is 2. The first-order chi connectivity index (χ1) is 9.66. The zero-order chi connectivity index (χ0) is 14.4. The van der Waals surface area contributed by atoms with Crippen LogP contribution in [0.4, 0.5) is 8.78 Å². The largest absolute Gasteiger partial charge is 0.314 e. The molecule has 0 aromatic heterocycles. The monoisotopic (exact) mass is 275 g/mol. The van der Waals surface area contributed by atoms with Gasteiger partial charge >= 0.3 is 0 Å². The second-order valence-electron chi connectivity index (χ2n) is 5.00. The first-order valence-corrected chi connectivity index (χ1v) is 6.87. The van der Waals surface area contributed by atoms with E-state index < -0.39 is 11.6 Å². The number of hydrogen-bond donors (Lipinski definition) is 1. The summed E-state index contributed by atoms with van der Waals surface area (Å²) in [4.78, 5) is 0. The molecule has 106 valence electrons. The quantitative estimate of drug-likeness (QED) is 0.847. The van der Waals surface area contributed by atoms with Gasteiger partial charge in [0.15, 0.2) is 0 Å². The number of rotatable bonds is 6. The van der Waals surface area contributed by atoms with Crippen molar-refractivity contribution in [1.82, 2.24) is 5.32 Å². The average molecular weight is 275 g/mol. The average Bonchev–Trinajstić information content (AvgIpc) is 2.44. The van der Waals surface area contributed by atoms with Gasteiger partial charge in [-0.1, -0.05) is 36.4 Å². The van der Waals surface area contributed by atoms with Crippen molar-refractivity contribution in [2.24, 2.45) is 0 Å². The summed E-state index contributed by atoms with van der Waals surface area (Å²) in [5.41, 5.74) is 1.41. The van der Waals surface area contributed by atoms with Gasteiger partial charge in [-0.2, -0.15) is 0 Å². The fraction of sp³-hybridized carbons (Fsp3) is 0.294. The summed E-state index contributed by atoms with van der Waals surface area (Å²) in [6.07, 6.45) is 1.26. The predicted molar refractivity (Wildman–Crippen MR) is 77.7 cm³/mol. The van der Waals surface area contributed by atoms with Gasteiger partial charge in [0.05, 0.1) is 0 Å². The van der Waals surface area contributed by atoms with Crippen LogP contribution in [0.25, 0.3) is 0 Å². The molecule has 1 atom stereocenters. The molecule has 0 bridgehead atoms. The molecule has 0 aliphatic carbocycles. The first kappa shape index (κ1) is 14.7. The van der Waals surface area contributed by atoms with E-state index in [2.05, 4.69) is 17.4 Å². The molecule has 2 aromatic carbocycles. The molecule has 0 radical (unpaired) electrons. The van der Waals surface area contributed by atoms with Crippen LogP contribution in [0.3, 0.4) is 0 Å². The SMILES string of the molecule is CC(Cc1c(F)cccc1F)NCCc1ccccc1. The summed E-state index contributed by atoms with van der Waals surface area (Å²) in [6.45, 7) is 2.73. The second kappa shape index (κ2) is 7.15. The molecule has 0 saturated heterocycles. The minimum atomic E-state index is -0.471. The van der Waals surface area contributed by atoms with E-state index in [1.807, 2.05) is 25.1 Å². The predicted octanol–water partition coefficient (Wildman–Crippen LogP) is 3.73. The van der Waals surface area contributed by atoms with Crippen molar-refractivity contribution in [1.29, 1.82) is 0 Å². The molecule has 0 aliphatic rings. The zero-order valence-electron chi connectivity index (χ0n) is 11.6. The van der Waals surface area contributed by atoms with Crippen LogP contribution in [-0.2, 0) is 12.8 Å². The first-order valence-electron chi connectivity index (χ1n) is 6.87. The van der Waals surface area contributed by atoms with Crippen LogP contribution in [0.1, 0.15) is 18.1 Å². The van der Waals surface area contributed by atoms with Crippen molar-refractivity contribution >= 4 is 0 Å². The third-order valence-corrected chi connectivity index (χ3v) is 3.32. The molecule has 0 heterocycles. The van der Waals surface area contributed by atoms with Crippen molar-refractivity contribution in [3.8, 4) is 0 Å². The van der Waals surface area contributed by atoms with Crippen LogP contribution >= 0.6 is 0 Å². The van der Waals surface area contributed by atoms with Crippen molar-refractivity contribution < 1.29 is 8.78 Å². The van der Waals surface area contributed by atoms with Gasteiger partial charge in [-0.25, -0.2) is 8.78 Å². The highest BCUT2D eigenvalue weighted by Crippen LogP contribution is 2.14. The third kappa shape index (κ3) is 4.14. The number of nitrogens with one attached hydrogen (secondary N) is 1. The van der Waals surface area contributed by atoms with Crippen molar-refractivity contribution in [2.75, 3.05) is 6.54 Å². The maximum Gasteiger partial charge on any atom is 0.129 e. The highest BCUT2D eigenvalue weighted by atomic mass is 19.1. The molecule has 1 nitrogen and oxygen atoms in total. The van der Waals surface area contributed by atoms with Crippen molar-refractivity contribution in [3.63, 3.8) is 0 Å². The lowest BCUT2D eigenvalue weighted by Gasteiger charge is -2.15. The van der Waals surface area contributed by atoms with Gasteiger partial charge in [-0.15, -0.1) is 0 Å². The lowest BCUT2D eigenvalue weighted by atomic mass is 10.1. The lowest BCUT2D eigenvalue weighted by Crippen LogP contribution is -2.30. The number of halogens is 2. The van der Waals surface area contributed by atoms with Gasteiger partial charge in [0.25, 0.3) is 0 Å². The van der Waals surface area contributed by atoms with E-state index >= 15 is 0 Å². The van der Waals surface area contributed by atoms with Crippen LogP contribution in [0.15, 0.2) is 48.5 Å². The van der Waals surface area contributed by atoms with E-state index in [4.69, 9.17) is 0 Å². The molecule has 0 aliphatic heterocycles. The zero-order valence-corrected chi connectivity index (χ0v) is 11.6. The molecule has 20 heavy (non-hydrogen) atoms. The molecule has 2 aromatic rings. The van der Waals surface area contributed by atoms with Gasteiger partial charge in [-0.3, -0.25) is 0 Å². The minimum Gasteiger partial charge on any atom is -0.314 e. The highest BCUT2D eigenvalue weighted by molar-refractivity contribution is 5.20. The van der Waals surface area contributed by atoms with Gasteiger partial charge in [0.1, 0.15) is 11.6 Å². The van der Waals surface area contributed by atoms with E-state index in [0.717, 1.165) is 13.0 Å². The van der Waals surface area contributed by atoms with Crippen LogP contribution in [0.5, 0.6) is 0 Å². The summed E-state index contributed by atoms with van der Waals surface area (Å²) < 4.78 is 27.1. The van der Waals surface area contributed by atoms with E-state index in [1.165, 1.54) is 23.8 Å². The Hall–Kier alpha value is -1.74. The van der Waals surface area contributed by atoms with Gasteiger partial charge < -0.3 is 5.32 Å². The summed E-state index contributed by atoms with van der Waals surface area (Å²) >= 11 is 0.